The fourth-order valence-electron chi connectivity index (χ4n) is 1.66. The van der Waals surface area contributed by atoms with Crippen LogP contribution < -0.4 is 16.4 Å². The third-order valence-electron chi connectivity index (χ3n) is 2.54. The highest BCUT2D eigenvalue weighted by molar-refractivity contribution is 5.71. The minimum Gasteiger partial charge on any atom is -0.508 e. The second kappa shape index (κ2) is 3.94. The third-order valence-corrected chi connectivity index (χ3v) is 2.54. The Hall–Kier alpha value is -1.88. The predicted molar refractivity (Wildman–Crippen MR) is 61.2 cm³/mol. The molecule has 0 bridgehead atoms. The van der Waals surface area contributed by atoms with E-state index in [9.17, 15) is 10.2 Å². The SMILES string of the molecule is CC(C)c1cc(C2=CNNN2)c(O)cc1O. The molecule has 1 heterocycles. The number of phenols is 2. The molecule has 86 valence electrons. The number of rotatable bonds is 2. The summed E-state index contributed by atoms with van der Waals surface area (Å²) in [5, 5.41) is 19.5. The van der Waals surface area contributed by atoms with Crippen molar-refractivity contribution < 1.29 is 10.2 Å². The van der Waals surface area contributed by atoms with Crippen LogP contribution in [0.2, 0.25) is 0 Å². The maximum Gasteiger partial charge on any atom is 0.128 e. The highest BCUT2D eigenvalue weighted by atomic mass is 16.3. The number of phenolic OH excluding ortho intramolecular Hbond substituents is 2. The van der Waals surface area contributed by atoms with E-state index in [1.807, 2.05) is 13.8 Å². The zero-order valence-electron chi connectivity index (χ0n) is 9.20. The topological polar surface area (TPSA) is 76.5 Å². The van der Waals surface area contributed by atoms with Crippen molar-refractivity contribution in [2.75, 3.05) is 0 Å². The minimum atomic E-state index is 0.0474. The van der Waals surface area contributed by atoms with Gasteiger partial charge in [-0.15, -0.1) is 0 Å². The highest BCUT2D eigenvalue weighted by Crippen LogP contribution is 2.34. The molecule has 1 aromatic carbocycles. The van der Waals surface area contributed by atoms with Crippen LogP contribution in [0.5, 0.6) is 11.5 Å². The van der Waals surface area contributed by atoms with Gasteiger partial charge in [-0.05, 0) is 17.5 Å². The summed E-state index contributed by atoms with van der Waals surface area (Å²) < 4.78 is 0. The van der Waals surface area contributed by atoms with Gasteiger partial charge in [0.2, 0.25) is 0 Å². The molecule has 0 aliphatic carbocycles. The van der Waals surface area contributed by atoms with Gasteiger partial charge in [0.25, 0.3) is 0 Å². The van der Waals surface area contributed by atoms with Gasteiger partial charge < -0.3 is 21.1 Å². The molecule has 0 amide bonds. The Bertz CT molecular complexity index is 441. The zero-order chi connectivity index (χ0) is 11.7. The summed E-state index contributed by atoms with van der Waals surface area (Å²) in [4.78, 5) is 0. The van der Waals surface area contributed by atoms with Crippen molar-refractivity contribution in [1.29, 1.82) is 0 Å². The van der Waals surface area contributed by atoms with E-state index in [4.69, 9.17) is 0 Å². The molecule has 0 unspecified atom stereocenters. The predicted octanol–water partition coefficient (Wildman–Crippen LogP) is 1.13. The van der Waals surface area contributed by atoms with Crippen LogP contribution in [0.4, 0.5) is 0 Å². The van der Waals surface area contributed by atoms with E-state index in [1.165, 1.54) is 6.07 Å². The number of nitrogens with one attached hydrogen (secondary N) is 3. The fraction of sp³-hybridized carbons (Fsp3) is 0.273. The number of benzene rings is 1. The summed E-state index contributed by atoms with van der Waals surface area (Å²) in [5.74, 6) is 0.365. The van der Waals surface area contributed by atoms with Crippen molar-refractivity contribution in [3.63, 3.8) is 0 Å². The Labute approximate surface area is 93.7 Å². The van der Waals surface area contributed by atoms with Crippen molar-refractivity contribution in [3.8, 4) is 11.5 Å². The van der Waals surface area contributed by atoms with Crippen LogP contribution in [0.3, 0.4) is 0 Å². The van der Waals surface area contributed by atoms with Gasteiger partial charge in [0.15, 0.2) is 0 Å². The third kappa shape index (κ3) is 1.77. The summed E-state index contributed by atoms with van der Waals surface area (Å²) in [6, 6.07) is 3.15. The van der Waals surface area contributed by atoms with Gasteiger partial charge in [0.05, 0.1) is 5.70 Å². The van der Waals surface area contributed by atoms with Crippen LogP contribution in [-0.2, 0) is 0 Å². The monoisotopic (exact) mass is 221 g/mol. The molecule has 0 radical (unpaired) electrons. The molecule has 0 aromatic heterocycles. The highest BCUT2D eigenvalue weighted by Gasteiger charge is 2.15. The van der Waals surface area contributed by atoms with Crippen LogP contribution in [-0.4, -0.2) is 10.2 Å². The smallest absolute Gasteiger partial charge is 0.128 e. The van der Waals surface area contributed by atoms with E-state index < -0.39 is 0 Å². The second-order valence-electron chi connectivity index (χ2n) is 4.04. The summed E-state index contributed by atoms with van der Waals surface area (Å²) >= 11 is 0. The lowest BCUT2D eigenvalue weighted by Crippen LogP contribution is -2.31. The average Bonchev–Trinajstić information content (AvgIpc) is 2.70. The van der Waals surface area contributed by atoms with Crippen LogP contribution in [0.25, 0.3) is 5.70 Å². The maximum absolute atomic E-state index is 9.76. The number of hydrazine groups is 2. The summed E-state index contributed by atoms with van der Waals surface area (Å²) in [7, 11) is 0. The molecular formula is C11H15N3O2. The molecule has 1 aliphatic heterocycles. The van der Waals surface area contributed by atoms with Gasteiger partial charge in [-0.1, -0.05) is 13.8 Å². The molecule has 0 saturated heterocycles. The molecule has 1 aliphatic rings. The van der Waals surface area contributed by atoms with E-state index in [1.54, 1.807) is 12.3 Å². The molecule has 16 heavy (non-hydrogen) atoms. The molecule has 5 nitrogen and oxygen atoms in total. The first kappa shape index (κ1) is 10.6. The van der Waals surface area contributed by atoms with Crippen molar-refractivity contribution >= 4 is 5.70 Å². The van der Waals surface area contributed by atoms with Crippen molar-refractivity contribution in [2.45, 2.75) is 19.8 Å². The average molecular weight is 221 g/mol. The largest absolute Gasteiger partial charge is 0.508 e. The van der Waals surface area contributed by atoms with Crippen LogP contribution in [0, 0.1) is 0 Å². The van der Waals surface area contributed by atoms with Crippen molar-refractivity contribution in [1.82, 2.24) is 16.4 Å². The van der Waals surface area contributed by atoms with E-state index in [-0.39, 0.29) is 17.4 Å². The first-order valence-electron chi connectivity index (χ1n) is 5.12. The van der Waals surface area contributed by atoms with E-state index in [0.29, 0.717) is 5.56 Å². The van der Waals surface area contributed by atoms with Crippen LogP contribution in [0.15, 0.2) is 18.3 Å². The quantitative estimate of drug-likeness (QED) is 0.517. The number of hydrogen-bond donors (Lipinski definition) is 5. The second-order valence-corrected chi connectivity index (χ2v) is 4.04. The lowest BCUT2D eigenvalue weighted by Gasteiger charge is -2.13. The lowest BCUT2D eigenvalue weighted by molar-refractivity contribution is 0.442. The molecule has 0 saturated carbocycles. The zero-order valence-corrected chi connectivity index (χ0v) is 9.20. The first-order chi connectivity index (χ1) is 7.59. The maximum atomic E-state index is 9.76. The van der Waals surface area contributed by atoms with Crippen molar-refractivity contribution in [2.24, 2.45) is 0 Å². The molecular weight excluding hydrogens is 206 g/mol. The van der Waals surface area contributed by atoms with Gasteiger partial charge in [-0.3, -0.25) is 0 Å². The molecule has 5 heteroatoms. The Morgan fingerprint density at radius 2 is 1.88 bits per heavy atom. The lowest BCUT2D eigenvalue weighted by atomic mass is 9.98. The molecule has 0 spiro atoms. The number of hydrogen-bond acceptors (Lipinski definition) is 5. The Morgan fingerprint density at radius 3 is 2.44 bits per heavy atom. The fourth-order valence-corrected chi connectivity index (χ4v) is 1.66. The first-order valence-corrected chi connectivity index (χ1v) is 5.12. The normalized spacial score (nSPS) is 14.6. The summed E-state index contributed by atoms with van der Waals surface area (Å²) in [5.41, 5.74) is 10.5. The molecule has 1 aromatic rings. The van der Waals surface area contributed by atoms with Crippen molar-refractivity contribution in [3.05, 3.63) is 29.5 Å². The van der Waals surface area contributed by atoms with Crippen LogP contribution >= 0.6 is 0 Å². The Morgan fingerprint density at radius 1 is 1.12 bits per heavy atom. The van der Waals surface area contributed by atoms with E-state index >= 15 is 0 Å². The van der Waals surface area contributed by atoms with Gasteiger partial charge in [-0.25, -0.2) is 0 Å². The van der Waals surface area contributed by atoms with E-state index in [0.717, 1.165) is 11.3 Å². The molecule has 0 fully saturated rings. The summed E-state index contributed by atoms with van der Waals surface area (Å²) in [6.45, 7) is 3.98. The van der Waals surface area contributed by atoms with Gasteiger partial charge in [0.1, 0.15) is 11.5 Å². The standard InChI is InChI=1S/C11H15N3O2/c1-6(2)7-3-8(9-5-12-14-13-9)11(16)4-10(7)15/h3-6,12-16H,1-2H3. The van der Waals surface area contributed by atoms with Gasteiger partial charge >= 0.3 is 0 Å². The molecule has 2 rings (SSSR count). The molecule has 5 N–H and O–H groups in total. The number of aromatic hydroxyl groups is 2. The van der Waals surface area contributed by atoms with E-state index in [2.05, 4.69) is 16.4 Å². The minimum absolute atomic E-state index is 0.0474. The Balaban J connectivity index is 2.49. The van der Waals surface area contributed by atoms with Gasteiger partial charge in [0, 0.05) is 17.8 Å². The molecule has 0 atom stereocenters. The summed E-state index contributed by atoms with van der Waals surface area (Å²) in [6.07, 6.45) is 1.70. The Kier molecular flexibility index (Phi) is 2.62. The van der Waals surface area contributed by atoms with Gasteiger partial charge in [-0.2, -0.15) is 5.53 Å². The van der Waals surface area contributed by atoms with Crippen LogP contribution in [0.1, 0.15) is 30.9 Å².